The summed E-state index contributed by atoms with van der Waals surface area (Å²) in [6, 6.07) is 3.95. The van der Waals surface area contributed by atoms with Crippen LogP contribution in [0.4, 0.5) is 0 Å². The van der Waals surface area contributed by atoms with Crippen LogP contribution in [0.2, 0.25) is 18.1 Å². The lowest BCUT2D eigenvalue weighted by Crippen LogP contribution is -2.41. The average Bonchev–Trinajstić information content (AvgIpc) is 3.18. The van der Waals surface area contributed by atoms with Crippen LogP contribution in [-0.4, -0.2) is 49.7 Å². The predicted molar refractivity (Wildman–Crippen MR) is 137 cm³/mol. The number of aromatic nitrogens is 2. The maximum atomic E-state index is 12.2. The molecule has 8 heteroatoms. The SMILES string of the molecule is CC(C)(C)OC(=O)c1csc(-c2ccnc(CCCOCCCO[Si](C)(C)C(C)(C)C)c2)n1. The summed E-state index contributed by atoms with van der Waals surface area (Å²) in [6.07, 6.45) is 4.45. The van der Waals surface area contributed by atoms with Crippen LogP contribution in [0.25, 0.3) is 10.6 Å². The summed E-state index contributed by atoms with van der Waals surface area (Å²) in [5, 5.41) is 2.77. The van der Waals surface area contributed by atoms with E-state index in [4.69, 9.17) is 13.9 Å². The van der Waals surface area contributed by atoms with Gasteiger partial charge in [-0.15, -0.1) is 11.3 Å². The fraction of sp³-hybridized carbons (Fsp3) is 0.640. The maximum absolute atomic E-state index is 12.2. The predicted octanol–water partition coefficient (Wildman–Crippen LogP) is 6.52. The normalized spacial score (nSPS) is 12.7. The number of thiazole rings is 1. The van der Waals surface area contributed by atoms with E-state index in [1.165, 1.54) is 11.3 Å². The zero-order chi connectivity index (χ0) is 24.7. The lowest BCUT2D eigenvalue weighted by atomic mass is 10.1. The Bertz CT molecular complexity index is 900. The lowest BCUT2D eigenvalue weighted by molar-refractivity contribution is 0.00638. The van der Waals surface area contributed by atoms with Gasteiger partial charge in [0.15, 0.2) is 14.0 Å². The van der Waals surface area contributed by atoms with Crippen molar-refractivity contribution in [1.29, 1.82) is 0 Å². The van der Waals surface area contributed by atoms with Crippen LogP contribution in [-0.2, 0) is 20.3 Å². The molecule has 184 valence electrons. The van der Waals surface area contributed by atoms with Gasteiger partial charge < -0.3 is 13.9 Å². The second-order valence-corrected chi connectivity index (χ2v) is 16.4. The topological polar surface area (TPSA) is 70.5 Å². The van der Waals surface area contributed by atoms with Gasteiger partial charge in [0.1, 0.15) is 10.6 Å². The summed E-state index contributed by atoms with van der Waals surface area (Å²) in [7, 11) is -1.67. The number of esters is 1. The third-order valence-electron chi connectivity index (χ3n) is 5.60. The number of carbonyl (C=O) groups is 1. The van der Waals surface area contributed by atoms with Crippen LogP contribution < -0.4 is 0 Å². The van der Waals surface area contributed by atoms with E-state index in [1.807, 2.05) is 32.9 Å². The number of nitrogens with zero attached hydrogens (tertiary/aromatic N) is 2. The number of hydrogen-bond acceptors (Lipinski definition) is 7. The Balaban J connectivity index is 1.74. The first-order chi connectivity index (χ1) is 15.3. The quantitative estimate of drug-likeness (QED) is 0.202. The molecule has 0 unspecified atom stereocenters. The van der Waals surface area contributed by atoms with Gasteiger partial charge in [-0.3, -0.25) is 4.98 Å². The van der Waals surface area contributed by atoms with Gasteiger partial charge in [0, 0.05) is 42.7 Å². The summed E-state index contributed by atoms with van der Waals surface area (Å²) in [4.78, 5) is 21.1. The molecule has 0 spiro atoms. The molecule has 0 bridgehead atoms. The molecule has 2 rings (SSSR count). The zero-order valence-corrected chi connectivity index (χ0v) is 23.3. The van der Waals surface area contributed by atoms with E-state index in [-0.39, 0.29) is 5.04 Å². The molecular formula is C25H40N2O4SSi. The van der Waals surface area contributed by atoms with Crippen molar-refractivity contribution in [2.24, 2.45) is 0 Å². The third kappa shape index (κ3) is 9.27. The third-order valence-corrected chi connectivity index (χ3v) is 11.0. The molecular weight excluding hydrogens is 452 g/mol. The zero-order valence-electron chi connectivity index (χ0n) is 21.5. The van der Waals surface area contributed by atoms with Gasteiger partial charge in [-0.05, 0) is 70.3 Å². The Kier molecular flexibility index (Phi) is 9.78. The van der Waals surface area contributed by atoms with Gasteiger partial charge in [-0.2, -0.15) is 0 Å². The van der Waals surface area contributed by atoms with Crippen molar-refractivity contribution in [3.8, 4) is 10.6 Å². The van der Waals surface area contributed by atoms with E-state index >= 15 is 0 Å². The van der Waals surface area contributed by atoms with Gasteiger partial charge in [-0.1, -0.05) is 20.8 Å². The number of rotatable bonds is 11. The van der Waals surface area contributed by atoms with Crippen LogP contribution in [0.15, 0.2) is 23.7 Å². The second kappa shape index (κ2) is 11.7. The molecule has 0 aromatic carbocycles. The number of carbonyl (C=O) groups excluding carboxylic acids is 1. The molecule has 6 nitrogen and oxygen atoms in total. The number of aryl methyl sites for hydroxylation is 1. The average molecular weight is 493 g/mol. The van der Waals surface area contributed by atoms with Gasteiger partial charge >= 0.3 is 5.97 Å². The molecule has 0 aliphatic carbocycles. The Morgan fingerprint density at radius 2 is 1.76 bits per heavy atom. The smallest absolute Gasteiger partial charge is 0.358 e. The van der Waals surface area contributed by atoms with Crippen molar-refractivity contribution in [1.82, 2.24) is 9.97 Å². The van der Waals surface area contributed by atoms with Gasteiger partial charge in [0.05, 0.1) is 0 Å². The highest BCUT2D eigenvalue weighted by atomic mass is 32.1. The van der Waals surface area contributed by atoms with E-state index in [2.05, 4.69) is 43.8 Å². The largest absolute Gasteiger partial charge is 0.455 e. The molecule has 0 amide bonds. The van der Waals surface area contributed by atoms with Crippen molar-refractivity contribution in [3.63, 3.8) is 0 Å². The number of ether oxygens (including phenoxy) is 2. The summed E-state index contributed by atoms with van der Waals surface area (Å²) in [5.41, 5.74) is 1.76. The van der Waals surface area contributed by atoms with Crippen LogP contribution in [0, 0.1) is 0 Å². The molecule has 0 saturated heterocycles. The summed E-state index contributed by atoms with van der Waals surface area (Å²) in [5.74, 6) is -0.397. The summed E-state index contributed by atoms with van der Waals surface area (Å²) in [6.45, 7) is 19.0. The first-order valence-electron chi connectivity index (χ1n) is 11.6. The highest BCUT2D eigenvalue weighted by Crippen LogP contribution is 2.36. The fourth-order valence-electron chi connectivity index (χ4n) is 2.74. The molecule has 33 heavy (non-hydrogen) atoms. The minimum Gasteiger partial charge on any atom is -0.455 e. The molecule has 2 aromatic heterocycles. The molecule has 0 radical (unpaired) electrons. The van der Waals surface area contributed by atoms with Crippen molar-refractivity contribution in [2.45, 2.75) is 84.5 Å². The highest BCUT2D eigenvalue weighted by molar-refractivity contribution is 7.13. The molecule has 2 heterocycles. The van der Waals surface area contributed by atoms with Crippen molar-refractivity contribution in [2.75, 3.05) is 19.8 Å². The van der Waals surface area contributed by atoms with E-state index in [9.17, 15) is 4.79 Å². The van der Waals surface area contributed by atoms with Gasteiger partial charge in [-0.25, -0.2) is 9.78 Å². The van der Waals surface area contributed by atoms with Crippen LogP contribution in [0.1, 0.15) is 70.6 Å². The van der Waals surface area contributed by atoms with Crippen LogP contribution >= 0.6 is 11.3 Å². The number of hydrogen-bond donors (Lipinski definition) is 0. The van der Waals surface area contributed by atoms with Crippen LogP contribution in [0.5, 0.6) is 0 Å². The highest BCUT2D eigenvalue weighted by Gasteiger charge is 2.36. The Labute approximate surface area is 204 Å². The molecule has 0 saturated carbocycles. The molecule has 0 atom stereocenters. The van der Waals surface area contributed by atoms with Crippen LogP contribution in [0.3, 0.4) is 0 Å². The Morgan fingerprint density at radius 1 is 1.06 bits per heavy atom. The molecule has 0 N–H and O–H groups in total. The Hall–Kier alpha value is -1.61. The number of pyridine rings is 1. The molecule has 0 aliphatic heterocycles. The van der Waals surface area contributed by atoms with E-state index in [0.717, 1.165) is 42.1 Å². The monoisotopic (exact) mass is 492 g/mol. The van der Waals surface area contributed by atoms with Crippen molar-refractivity contribution < 1.29 is 18.7 Å². The van der Waals surface area contributed by atoms with Crippen molar-refractivity contribution in [3.05, 3.63) is 35.1 Å². The minimum atomic E-state index is -1.67. The molecule has 0 aliphatic rings. The Morgan fingerprint density at radius 3 is 2.42 bits per heavy atom. The standard InChI is InChI=1S/C25H40N2O4SSi/c1-24(2,3)31-23(28)21-18-32-22(27-21)19-12-13-26-20(17-19)11-9-14-29-15-10-16-30-33(7,8)25(4,5)6/h12-13,17-18H,9-11,14-16H2,1-8H3. The maximum Gasteiger partial charge on any atom is 0.358 e. The van der Waals surface area contributed by atoms with Gasteiger partial charge in [0.2, 0.25) is 0 Å². The minimum absolute atomic E-state index is 0.241. The van der Waals surface area contributed by atoms with E-state index in [0.29, 0.717) is 18.9 Å². The summed E-state index contributed by atoms with van der Waals surface area (Å²) < 4.78 is 17.4. The fourth-order valence-corrected chi connectivity index (χ4v) is 4.61. The van der Waals surface area contributed by atoms with E-state index in [1.54, 1.807) is 11.6 Å². The van der Waals surface area contributed by atoms with Gasteiger partial charge in [0.25, 0.3) is 0 Å². The first kappa shape index (κ1) is 27.6. The molecule has 2 aromatic rings. The van der Waals surface area contributed by atoms with Crippen molar-refractivity contribution >= 4 is 25.6 Å². The second-order valence-electron chi connectivity index (χ2n) is 10.8. The summed E-state index contributed by atoms with van der Waals surface area (Å²) >= 11 is 1.43. The lowest BCUT2D eigenvalue weighted by Gasteiger charge is -2.36. The van der Waals surface area contributed by atoms with E-state index < -0.39 is 19.9 Å². The molecule has 0 fully saturated rings. The first-order valence-corrected chi connectivity index (χ1v) is 15.4.